The van der Waals surface area contributed by atoms with E-state index < -0.39 is 0 Å². The first kappa shape index (κ1) is 15.2. The average molecular weight is 321 g/mol. The van der Waals surface area contributed by atoms with Crippen LogP contribution in [0.3, 0.4) is 0 Å². The van der Waals surface area contributed by atoms with Crippen molar-refractivity contribution in [3.05, 3.63) is 35.1 Å². The number of para-hydroxylation sites is 1. The van der Waals surface area contributed by atoms with Crippen molar-refractivity contribution in [2.24, 2.45) is 0 Å². The second kappa shape index (κ2) is 6.58. The molecule has 0 spiro atoms. The number of nitrogens with one attached hydrogen (secondary N) is 1. The summed E-state index contributed by atoms with van der Waals surface area (Å²) in [5.74, 6) is -0.147. The van der Waals surface area contributed by atoms with Gasteiger partial charge in [0.2, 0.25) is 5.13 Å². The van der Waals surface area contributed by atoms with E-state index in [1.165, 1.54) is 17.4 Å². The quantitative estimate of drug-likeness (QED) is 0.906. The maximum absolute atomic E-state index is 13.8. The Morgan fingerprint density at radius 3 is 2.68 bits per heavy atom. The van der Waals surface area contributed by atoms with E-state index in [-0.39, 0.29) is 11.9 Å². The van der Waals surface area contributed by atoms with E-state index in [0.717, 1.165) is 30.9 Å². The third kappa shape index (κ3) is 3.36. The third-order valence-electron chi connectivity index (χ3n) is 4.00. The Kier molecular flexibility index (Phi) is 4.54. The zero-order chi connectivity index (χ0) is 15.5. The lowest BCUT2D eigenvalue weighted by Crippen LogP contribution is -2.43. The summed E-state index contributed by atoms with van der Waals surface area (Å²) in [6, 6.07) is 7.51. The topological polar surface area (TPSA) is 67.1 Å². The van der Waals surface area contributed by atoms with Gasteiger partial charge in [0.05, 0.1) is 11.7 Å². The van der Waals surface area contributed by atoms with E-state index >= 15 is 0 Å². The van der Waals surface area contributed by atoms with E-state index in [1.54, 1.807) is 6.07 Å². The molecule has 1 aromatic heterocycles. The summed E-state index contributed by atoms with van der Waals surface area (Å²) in [6.07, 6.45) is 1.96. The third-order valence-corrected chi connectivity index (χ3v) is 4.94. The first-order valence-corrected chi connectivity index (χ1v) is 8.29. The number of nitrogens with zero attached hydrogens (tertiary/aromatic N) is 3. The van der Waals surface area contributed by atoms with Crippen LogP contribution in [0.15, 0.2) is 24.3 Å². The van der Waals surface area contributed by atoms with Gasteiger partial charge in [-0.1, -0.05) is 23.5 Å². The average Bonchev–Trinajstić information content (AvgIpc) is 2.95. The molecular weight excluding hydrogens is 301 g/mol. The van der Waals surface area contributed by atoms with Crippen LogP contribution >= 0.6 is 11.3 Å². The van der Waals surface area contributed by atoms with Crippen LogP contribution in [0.1, 0.15) is 30.8 Å². The lowest BCUT2D eigenvalue weighted by atomic mass is 10.0. The smallest absolute Gasteiger partial charge is 0.203 e. The van der Waals surface area contributed by atoms with Crippen molar-refractivity contribution in [3.63, 3.8) is 0 Å². The number of hydrogen-bond acceptors (Lipinski definition) is 6. The molecule has 1 aromatic carbocycles. The summed E-state index contributed by atoms with van der Waals surface area (Å²) in [6.45, 7) is 3.77. The largest absolute Gasteiger partial charge is 0.374 e. The van der Waals surface area contributed by atoms with Crippen molar-refractivity contribution in [2.45, 2.75) is 31.8 Å². The SMILES string of the molecule is C[C@@H](NC1CCN(c2ccccc2F)CC1)c1nnc(N)s1. The Morgan fingerprint density at radius 1 is 1.32 bits per heavy atom. The summed E-state index contributed by atoms with van der Waals surface area (Å²) in [5, 5.41) is 12.9. The van der Waals surface area contributed by atoms with Gasteiger partial charge in [0.1, 0.15) is 10.8 Å². The molecule has 1 aliphatic heterocycles. The fourth-order valence-corrected chi connectivity index (χ4v) is 3.46. The van der Waals surface area contributed by atoms with E-state index in [4.69, 9.17) is 5.73 Å². The van der Waals surface area contributed by atoms with Crippen LogP contribution < -0.4 is 16.0 Å². The molecule has 22 heavy (non-hydrogen) atoms. The molecule has 5 nitrogen and oxygen atoms in total. The summed E-state index contributed by atoms with van der Waals surface area (Å²) in [5.41, 5.74) is 6.32. The highest BCUT2D eigenvalue weighted by Gasteiger charge is 2.23. The molecule has 7 heteroatoms. The van der Waals surface area contributed by atoms with Gasteiger partial charge in [-0.3, -0.25) is 0 Å². The second-order valence-corrected chi connectivity index (χ2v) is 6.62. The normalized spacial score (nSPS) is 17.6. The minimum atomic E-state index is -0.147. The number of benzene rings is 1. The van der Waals surface area contributed by atoms with Crippen molar-refractivity contribution < 1.29 is 4.39 Å². The molecule has 0 aliphatic carbocycles. The maximum atomic E-state index is 13.8. The van der Waals surface area contributed by atoms with Gasteiger partial charge in [0.25, 0.3) is 0 Å². The zero-order valence-corrected chi connectivity index (χ0v) is 13.3. The number of rotatable bonds is 4. The number of anilines is 2. The van der Waals surface area contributed by atoms with Crippen LogP contribution in [0.25, 0.3) is 0 Å². The molecule has 0 unspecified atom stereocenters. The van der Waals surface area contributed by atoms with Gasteiger partial charge in [0.15, 0.2) is 0 Å². The number of halogens is 1. The van der Waals surface area contributed by atoms with Gasteiger partial charge in [0, 0.05) is 19.1 Å². The molecule has 3 N–H and O–H groups in total. The first-order chi connectivity index (χ1) is 10.6. The number of piperidine rings is 1. The summed E-state index contributed by atoms with van der Waals surface area (Å²) >= 11 is 1.42. The Morgan fingerprint density at radius 2 is 2.05 bits per heavy atom. The monoisotopic (exact) mass is 321 g/mol. The van der Waals surface area contributed by atoms with E-state index in [9.17, 15) is 4.39 Å². The standard InChI is InChI=1S/C15H20FN5S/c1-10(14-19-20-15(17)22-14)18-11-6-8-21(9-7-11)13-5-3-2-4-12(13)16/h2-5,10-11,18H,6-9H2,1H3,(H2,17,20)/t10-/m1/s1. The maximum Gasteiger partial charge on any atom is 0.203 e. The number of aromatic nitrogens is 2. The lowest BCUT2D eigenvalue weighted by Gasteiger charge is -2.35. The molecule has 2 aromatic rings. The first-order valence-electron chi connectivity index (χ1n) is 7.48. The highest BCUT2D eigenvalue weighted by atomic mass is 32.1. The van der Waals surface area contributed by atoms with Crippen LogP contribution in [0.2, 0.25) is 0 Å². The minimum Gasteiger partial charge on any atom is -0.374 e. The molecule has 1 atom stereocenters. The molecule has 0 radical (unpaired) electrons. The number of nitrogen functional groups attached to an aromatic ring is 1. The van der Waals surface area contributed by atoms with Gasteiger partial charge in [-0.2, -0.15) is 0 Å². The molecule has 0 saturated carbocycles. The van der Waals surface area contributed by atoms with Crippen molar-refractivity contribution in [1.29, 1.82) is 0 Å². The van der Waals surface area contributed by atoms with Crippen LogP contribution in [0.5, 0.6) is 0 Å². The van der Waals surface area contributed by atoms with Crippen LogP contribution in [0.4, 0.5) is 15.2 Å². The molecule has 0 amide bonds. The van der Waals surface area contributed by atoms with Crippen molar-refractivity contribution in [2.75, 3.05) is 23.7 Å². The second-order valence-electron chi connectivity index (χ2n) is 5.58. The minimum absolute atomic E-state index is 0.139. The summed E-state index contributed by atoms with van der Waals surface area (Å²) in [7, 11) is 0. The molecular formula is C15H20FN5S. The fourth-order valence-electron chi connectivity index (χ4n) is 2.84. The predicted octanol–water partition coefficient (Wildman–Crippen LogP) is 2.58. The molecule has 118 valence electrons. The van der Waals surface area contributed by atoms with Gasteiger partial charge in [-0.25, -0.2) is 4.39 Å². The number of nitrogens with two attached hydrogens (primary N) is 1. The zero-order valence-electron chi connectivity index (χ0n) is 12.5. The summed E-state index contributed by atoms with van der Waals surface area (Å²) < 4.78 is 13.8. The van der Waals surface area contributed by atoms with Crippen LogP contribution in [-0.4, -0.2) is 29.3 Å². The summed E-state index contributed by atoms with van der Waals surface area (Å²) in [4.78, 5) is 2.11. The van der Waals surface area contributed by atoms with E-state index in [0.29, 0.717) is 16.9 Å². The lowest BCUT2D eigenvalue weighted by molar-refractivity contribution is 0.378. The Bertz CT molecular complexity index is 624. The Balaban J connectivity index is 1.55. The van der Waals surface area contributed by atoms with Gasteiger partial charge in [-0.05, 0) is 31.9 Å². The molecule has 0 bridgehead atoms. The van der Waals surface area contributed by atoms with Gasteiger partial charge < -0.3 is 16.0 Å². The molecule has 1 fully saturated rings. The van der Waals surface area contributed by atoms with Crippen LogP contribution in [0, 0.1) is 5.82 Å². The Hall–Kier alpha value is -1.73. The van der Waals surface area contributed by atoms with Crippen molar-refractivity contribution in [3.8, 4) is 0 Å². The number of hydrogen-bond donors (Lipinski definition) is 2. The van der Waals surface area contributed by atoms with Crippen molar-refractivity contribution in [1.82, 2.24) is 15.5 Å². The highest BCUT2D eigenvalue weighted by molar-refractivity contribution is 7.15. The fraction of sp³-hybridized carbons (Fsp3) is 0.467. The molecule has 2 heterocycles. The Labute approximate surface area is 133 Å². The highest BCUT2D eigenvalue weighted by Crippen LogP contribution is 2.25. The van der Waals surface area contributed by atoms with E-state index in [1.807, 2.05) is 12.1 Å². The van der Waals surface area contributed by atoms with Crippen molar-refractivity contribution >= 4 is 22.2 Å². The molecule has 3 rings (SSSR count). The molecule has 1 saturated heterocycles. The van der Waals surface area contributed by atoms with Gasteiger partial charge in [-0.15, -0.1) is 10.2 Å². The van der Waals surface area contributed by atoms with E-state index in [2.05, 4.69) is 27.3 Å². The predicted molar refractivity (Wildman–Crippen MR) is 87.5 cm³/mol. The molecule has 1 aliphatic rings. The van der Waals surface area contributed by atoms with Crippen LogP contribution in [-0.2, 0) is 0 Å². The van der Waals surface area contributed by atoms with Gasteiger partial charge >= 0.3 is 0 Å².